The molecule has 0 unspecified atom stereocenters. The van der Waals surface area contributed by atoms with Gasteiger partial charge in [0.15, 0.2) is 0 Å². The summed E-state index contributed by atoms with van der Waals surface area (Å²) in [5.41, 5.74) is 4.58. The van der Waals surface area contributed by atoms with E-state index in [0.29, 0.717) is 12.0 Å². The Kier molecular flexibility index (Phi) is 4.94. The maximum absolute atomic E-state index is 12.7. The summed E-state index contributed by atoms with van der Waals surface area (Å²) in [5, 5.41) is 3.06. The summed E-state index contributed by atoms with van der Waals surface area (Å²) >= 11 is 0. The largest absolute Gasteiger partial charge is 0.329 e. The van der Waals surface area contributed by atoms with Gasteiger partial charge in [-0.15, -0.1) is 0 Å². The minimum absolute atomic E-state index is 0.0123. The van der Waals surface area contributed by atoms with Crippen LogP contribution in [0.3, 0.4) is 0 Å². The number of aryl methyl sites for hydroxylation is 3. The molecule has 1 saturated carbocycles. The first kappa shape index (κ1) is 18.1. The first-order chi connectivity index (χ1) is 13.0. The van der Waals surface area contributed by atoms with E-state index < -0.39 is 0 Å². The maximum Gasteiger partial charge on any atom is 0.321 e. The zero-order valence-electron chi connectivity index (χ0n) is 16.7. The zero-order chi connectivity index (χ0) is 19.0. The molecule has 0 bridgehead atoms. The van der Waals surface area contributed by atoms with Crippen molar-refractivity contribution in [2.75, 3.05) is 18.4 Å². The smallest absolute Gasteiger partial charge is 0.321 e. The fourth-order valence-electron chi connectivity index (χ4n) is 4.26. The highest BCUT2D eigenvalue weighted by Crippen LogP contribution is 2.38. The summed E-state index contributed by atoms with van der Waals surface area (Å²) in [5.74, 6) is 1.92. The Bertz CT molecular complexity index is 829. The van der Waals surface area contributed by atoms with Gasteiger partial charge in [-0.2, -0.15) is 0 Å². The van der Waals surface area contributed by atoms with Gasteiger partial charge in [0.2, 0.25) is 0 Å². The molecule has 1 aromatic carbocycles. The maximum atomic E-state index is 12.7. The molecule has 2 amide bonds. The summed E-state index contributed by atoms with van der Waals surface area (Å²) in [6.07, 6.45) is 7.88. The molecule has 2 aromatic rings. The number of nitrogens with one attached hydrogen (secondary N) is 1. The number of aromatic nitrogens is 2. The van der Waals surface area contributed by atoms with Crippen molar-refractivity contribution in [2.45, 2.75) is 64.8 Å². The van der Waals surface area contributed by atoms with Crippen molar-refractivity contribution in [3.8, 4) is 0 Å². The Morgan fingerprint density at radius 3 is 2.44 bits per heavy atom. The number of carbonyl (C=O) groups excluding carboxylic acids is 1. The highest BCUT2D eigenvalue weighted by molar-refractivity contribution is 5.89. The number of piperidine rings is 1. The quantitative estimate of drug-likeness (QED) is 0.836. The van der Waals surface area contributed by atoms with Crippen LogP contribution in [0, 0.1) is 20.8 Å². The standard InChI is InChI=1S/C22H30N4O/c1-15-7-8-19(13-16(15)2)24-22(27)25-11-9-20(10-12-25)26-17(3)14-23-21(26)18-5-4-6-18/h7-8,13-14,18,20H,4-6,9-12H2,1-3H3,(H,24,27). The third kappa shape index (κ3) is 3.60. The highest BCUT2D eigenvalue weighted by atomic mass is 16.2. The van der Waals surface area contributed by atoms with E-state index in [-0.39, 0.29) is 6.03 Å². The van der Waals surface area contributed by atoms with Crippen molar-refractivity contribution in [1.29, 1.82) is 0 Å². The van der Waals surface area contributed by atoms with Gasteiger partial charge in [0.1, 0.15) is 5.82 Å². The average molecular weight is 367 g/mol. The number of amides is 2. The number of urea groups is 1. The SMILES string of the molecule is Cc1ccc(NC(=O)N2CCC(n3c(C)cnc3C3CCC3)CC2)cc1C. The van der Waals surface area contributed by atoms with E-state index >= 15 is 0 Å². The van der Waals surface area contributed by atoms with Crippen molar-refractivity contribution in [3.05, 3.63) is 47.0 Å². The third-order valence-corrected chi connectivity index (χ3v) is 6.36. The molecule has 5 heteroatoms. The molecule has 27 heavy (non-hydrogen) atoms. The van der Waals surface area contributed by atoms with Gasteiger partial charge >= 0.3 is 6.03 Å². The lowest BCUT2D eigenvalue weighted by atomic mass is 9.84. The minimum atomic E-state index is 0.0123. The second-order valence-corrected chi connectivity index (χ2v) is 8.20. The number of likely N-dealkylation sites (tertiary alicyclic amines) is 1. The first-order valence-corrected chi connectivity index (χ1v) is 10.2. The molecule has 1 aromatic heterocycles. The van der Waals surface area contributed by atoms with Crippen LogP contribution < -0.4 is 5.32 Å². The van der Waals surface area contributed by atoms with Crippen LogP contribution in [0.25, 0.3) is 0 Å². The second-order valence-electron chi connectivity index (χ2n) is 8.20. The van der Waals surface area contributed by atoms with E-state index in [9.17, 15) is 4.79 Å². The predicted octanol–water partition coefficient (Wildman–Crippen LogP) is 4.94. The molecule has 0 spiro atoms. The number of hydrogen-bond donors (Lipinski definition) is 1. The summed E-state index contributed by atoms with van der Waals surface area (Å²) in [4.78, 5) is 19.3. The Morgan fingerprint density at radius 2 is 1.81 bits per heavy atom. The number of nitrogens with zero attached hydrogens (tertiary/aromatic N) is 3. The van der Waals surface area contributed by atoms with Crippen LogP contribution in [-0.4, -0.2) is 33.6 Å². The van der Waals surface area contributed by atoms with Crippen LogP contribution in [0.1, 0.15) is 66.7 Å². The lowest BCUT2D eigenvalue weighted by Crippen LogP contribution is -2.42. The predicted molar refractivity (Wildman–Crippen MR) is 108 cm³/mol. The van der Waals surface area contributed by atoms with Gasteiger partial charge in [-0.05, 0) is 69.7 Å². The van der Waals surface area contributed by atoms with Gasteiger partial charge in [0, 0.05) is 42.6 Å². The van der Waals surface area contributed by atoms with E-state index in [1.54, 1.807) is 0 Å². The number of hydrogen-bond acceptors (Lipinski definition) is 2. The van der Waals surface area contributed by atoms with Gasteiger partial charge in [-0.1, -0.05) is 12.5 Å². The minimum Gasteiger partial charge on any atom is -0.329 e. The van der Waals surface area contributed by atoms with E-state index in [4.69, 9.17) is 4.98 Å². The molecular formula is C22H30N4O. The van der Waals surface area contributed by atoms with Gasteiger partial charge in [-0.3, -0.25) is 0 Å². The van der Waals surface area contributed by atoms with Gasteiger partial charge < -0.3 is 14.8 Å². The van der Waals surface area contributed by atoms with Crippen LogP contribution in [-0.2, 0) is 0 Å². The second kappa shape index (κ2) is 7.37. The molecule has 2 heterocycles. The summed E-state index contributed by atoms with van der Waals surface area (Å²) in [6.45, 7) is 7.91. The van der Waals surface area contributed by atoms with Crippen LogP contribution in [0.5, 0.6) is 0 Å². The van der Waals surface area contributed by atoms with Gasteiger partial charge in [0.05, 0.1) is 0 Å². The molecule has 4 rings (SSSR count). The van der Waals surface area contributed by atoms with Crippen LogP contribution >= 0.6 is 0 Å². The van der Waals surface area contributed by atoms with Crippen LogP contribution in [0.2, 0.25) is 0 Å². The Balaban J connectivity index is 1.38. The zero-order valence-corrected chi connectivity index (χ0v) is 16.7. The van der Waals surface area contributed by atoms with Crippen molar-refractivity contribution < 1.29 is 4.79 Å². The monoisotopic (exact) mass is 366 g/mol. The topological polar surface area (TPSA) is 50.2 Å². The molecule has 2 fully saturated rings. The summed E-state index contributed by atoms with van der Waals surface area (Å²) in [7, 11) is 0. The molecule has 1 saturated heterocycles. The van der Waals surface area contributed by atoms with Crippen molar-refractivity contribution >= 4 is 11.7 Å². The van der Waals surface area contributed by atoms with Gasteiger partial charge in [-0.25, -0.2) is 9.78 Å². The van der Waals surface area contributed by atoms with E-state index in [0.717, 1.165) is 31.6 Å². The highest BCUT2D eigenvalue weighted by Gasteiger charge is 2.30. The Hall–Kier alpha value is -2.30. The molecule has 1 N–H and O–H groups in total. The van der Waals surface area contributed by atoms with Crippen LogP contribution in [0.15, 0.2) is 24.4 Å². The number of imidazole rings is 1. The van der Waals surface area contributed by atoms with E-state index in [1.165, 1.54) is 41.9 Å². The van der Waals surface area contributed by atoms with Crippen molar-refractivity contribution in [1.82, 2.24) is 14.5 Å². The third-order valence-electron chi connectivity index (χ3n) is 6.36. The Labute approximate surface area is 161 Å². The van der Waals surface area contributed by atoms with Crippen molar-refractivity contribution in [2.24, 2.45) is 0 Å². The fraction of sp³-hybridized carbons (Fsp3) is 0.545. The van der Waals surface area contributed by atoms with Crippen molar-refractivity contribution in [3.63, 3.8) is 0 Å². The number of carbonyl (C=O) groups is 1. The molecule has 1 aliphatic carbocycles. The average Bonchev–Trinajstić information content (AvgIpc) is 2.98. The number of benzene rings is 1. The number of rotatable bonds is 3. The summed E-state index contributed by atoms with van der Waals surface area (Å²) < 4.78 is 2.46. The molecule has 5 nitrogen and oxygen atoms in total. The summed E-state index contributed by atoms with van der Waals surface area (Å²) in [6, 6.07) is 6.56. The number of anilines is 1. The normalized spacial score (nSPS) is 18.4. The molecule has 0 radical (unpaired) electrons. The lowest BCUT2D eigenvalue weighted by molar-refractivity contribution is 0.181. The molecule has 144 valence electrons. The molecule has 0 atom stereocenters. The molecular weight excluding hydrogens is 336 g/mol. The molecule has 1 aliphatic heterocycles. The molecule has 2 aliphatic rings. The fourth-order valence-corrected chi connectivity index (χ4v) is 4.26. The lowest BCUT2D eigenvalue weighted by Gasteiger charge is -2.35. The first-order valence-electron chi connectivity index (χ1n) is 10.2. The van der Waals surface area contributed by atoms with Crippen LogP contribution in [0.4, 0.5) is 10.5 Å². The Morgan fingerprint density at radius 1 is 1.07 bits per heavy atom. The van der Waals surface area contributed by atoms with Gasteiger partial charge in [0.25, 0.3) is 0 Å². The van der Waals surface area contributed by atoms with E-state index in [2.05, 4.69) is 36.7 Å². The van der Waals surface area contributed by atoms with E-state index in [1.807, 2.05) is 23.2 Å².